The zero-order valence-electron chi connectivity index (χ0n) is 15.2. The van der Waals surface area contributed by atoms with E-state index in [1.54, 1.807) is 31.2 Å². The van der Waals surface area contributed by atoms with Gasteiger partial charge in [0.05, 0.1) is 5.82 Å². The third kappa shape index (κ3) is 5.96. The van der Waals surface area contributed by atoms with Crippen LogP contribution in [0.1, 0.15) is 11.1 Å². The van der Waals surface area contributed by atoms with Crippen molar-refractivity contribution in [2.45, 2.75) is 13.8 Å². The van der Waals surface area contributed by atoms with E-state index < -0.39 is 29.1 Å². The Bertz CT molecular complexity index is 1110. The van der Waals surface area contributed by atoms with Crippen molar-refractivity contribution in [1.29, 1.82) is 0 Å². The van der Waals surface area contributed by atoms with Crippen LogP contribution in [0.5, 0.6) is 0 Å². The molecule has 7 heteroatoms. The minimum absolute atomic E-state index is 0. The first-order valence-electron chi connectivity index (χ1n) is 7.99. The zero-order chi connectivity index (χ0) is 19.7. The van der Waals surface area contributed by atoms with Crippen LogP contribution in [0.4, 0.5) is 22.0 Å². The summed E-state index contributed by atoms with van der Waals surface area (Å²) >= 11 is 0. The molecule has 4 aromatic carbocycles. The fourth-order valence-corrected chi connectivity index (χ4v) is 2.80. The second-order valence-corrected chi connectivity index (χ2v) is 6.16. The fraction of sp³-hybridized carbons (Fsp3) is 0.0909. The SMILES string of the molecule is Cc1cc(F)c2c(F)[c-]c(F)cc2c1.Cc1ccc2c(F)[c-]c(F)cc2c1.[W].[W]. The van der Waals surface area contributed by atoms with E-state index in [2.05, 4.69) is 0 Å². The van der Waals surface area contributed by atoms with Crippen molar-refractivity contribution >= 4 is 21.5 Å². The second-order valence-electron chi connectivity index (χ2n) is 6.16. The van der Waals surface area contributed by atoms with E-state index in [0.29, 0.717) is 16.3 Å². The molecular weight excluding hydrogens is 727 g/mol. The molecule has 0 aliphatic heterocycles. The minimum atomic E-state index is -0.988. The Morgan fingerprint density at radius 1 is 0.621 bits per heavy atom. The van der Waals surface area contributed by atoms with Crippen LogP contribution in [0, 0.1) is 55.1 Å². The Balaban J connectivity index is 0.000000272. The Labute approximate surface area is 193 Å². The molecule has 0 saturated carbocycles. The number of fused-ring (bicyclic) bond motifs is 2. The summed E-state index contributed by atoms with van der Waals surface area (Å²) in [5.74, 6) is -3.78. The van der Waals surface area contributed by atoms with Crippen LogP contribution < -0.4 is 0 Å². The van der Waals surface area contributed by atoms with Gasteiger partial charge < -0.3 is 0 Å². The molecule has 0 saturated heterocycles. The van der Waals surface area contributed by atoms with Gasteiger partial charge in [0.1, 0.15) is 0 Å². The number of halogens is 5. The molecule has 0 N–H and O–H groups in total. The van der Waals surface area contributed by atoms with Gasteiger partial charge in [0.2, 0.25) is 0 Å². The van der Waals surface area contributed by atoms with Gasteiger partial charge >= 0.3 is 0 Å². The third-order valence-electron chi connectivity index (χ3n) is 3.95. The van der Waals surface area contributed by atoms with Gasteiger partial charge in [-0.05, 0) is 19.9 Å². The van der Waals surface area contributed by atoms with Crippen LogP contribution in [0.3, 0.4) is 0 Å². The molecule has 4 aromatic rings. The average molecular weight is 740 g/mol. The van der Waals surface area contributed by atoms with E-state index in [0.717, 1.165) is 11.6 Å². The summed E-state index contributed by atoms with van der Waals surface area (Å²) in [7, 11) is 0. The van der Waals surface area contributed by atoms with E-state index in [1.165, 1.54) is 18.2 Å². The molecule has 0 amide bonds. The number of hydrogen-bond donors (Lipinski definition) is 0. The number of benzene rings is 4. The predicted octanol–water partition coefficient (Wildman–Crippen LogP) is 6.59. The molecule has 0 bridgehead atoms. The molecule has 0 aliphatic rings. The number of aryl methyl sites for hydroxylation is 2. The van der Waals surface area contributed by atoms with Gasteiger partial charge in [-0.15, -0.1) is 41.1 Å². The van der Waals surface area contributed by atoms with Crippen molar-refractivity contribution in [1.82, 2.24) is 0 Å². The van der Waals surface area contributed by atoms with Crippen molar-refractivity contribution in [3.8, 4) is 0 Å². The van der Waals surface area contributed by atoms with Crippen molar-refractivity contribution in [3.05, 3.63) is 94.8 Å². The third-order valence-corrected chi connectivity index (χ3v) is 3.95. The van der Waals surface area contributed by atoms with E-state index in [4.69, 9.17) is 0 Å². The van der Waals surface area contributed by atoms with Gasteiger partial charge in [-0.1, -0.05) is 40.1 Å². The number of rotatable bonds is 0. The largest absolute Gasteiger partial charge is 0.236 e. The van der Waals surface area contributed by atoms with E-state index in [9.17, 15) is 22.0 Å². The van der Waals surface area contributed by atoms with E-state index >= 15 is 0 Å². The molecule has 0 aliphatic carbocycles. The molecule has 0 unspecified atom stereocenters. The number of hydrogen-bond acceptors (Lipinski definition) is 0. The molecule has 0 atom stereocenters. The first-order chi connectivity index (χ1) is 12.7. The molecule has 4 rings (SSSR count). The summed E-state index contributed by atoms with van der Waals surface area (Å²) in [5.41, 5.74) is 1.61. The van der Waals surface area contributed by atoms with Crippen LogP contribution in [0.25, 0.3) is 21.5 Å². The van der Waals surface area contributed by atoms with Crippen molar-refractivity contribution < 1.29 is 64.1 Å². The average Bonchev–Trinajstić information content (AvgIpc) is 2.53. The normalized spacial score (nSPS) is 10.0. The summed E-state index contributed by atoms with van der Waals surface area (Å²) in [5, 5.41) is 0.994. The van der Waals surface area contributed by atoms with Crippen LogP contribution in [-0.2, 0) is 42.1 Å². The molecular formula is C22H13F5W2-2. The topological polar surface area (TPSA) is 0 Å². The standard InChI is InChI=1S/C11H6F3.C11H7F2.2W/c1-6-2-7-4-8(12)5-10(14)11(7)9(13)3-6;1-7-2-3-10-8(4-7)5-9(12)6-11(10)13;;/h2-4H,1H3;2-5H,1H3;;/q2*-1;;. The van der Waals surface area contributed by atoms with Gasteiger partial charge in [-0.2, -0.15) is 0 Å². The Hall–Kier alpha value is -1.57. The second kappa shape index (κ2) is 10.5. The molecule has 0 fully saturated rings. The molecule has 0 heterocycles. The first kappa shape index (κ1) is 25.5. The fourth-order valence-electron chi connectivity index (χ4n) is 2.80. The maximum atomic E-state index is 13.3. The van der Waals surface area contributed by atoms with Gasteiger partial charge in [0.15, 0.2) is 0 Å². The maximum Gasteiger partial charge on any atom is 0.0787 e. The molecule has 0 radical (unpaired) electrons. The van der Waals surface area contributed by atoms with Crippen molar-refractivity contribution in [3.63, 3.8) is 0 Å². The Morgan fingerprint density at radius 3 is 1.83 bits per heavy atom. The summed E-state index contributed by atoms with van der Waals surface area (Å²) in [6.07, 6.45) is 0. The van der Waals surface area contributed by atoms with Crippen LogP contribution >= 0.6 is 0 Å². The van der Waals surface area contributed by atoms with Crippen LogP contribution in [0.15, 0.2) is 42.5 Å². The summed E-state index contributed by atoms with van der Waals surface area (Å²) in [6, 6.07) is 14.0. The molecule has 0 aromatic heterocycles. The van der Waals surface area contributed by atoms with Crippen molar-refractivity contribution in [2.75, 3.05) is 0 Å². The van der Waals surface area contributed by atoms with Gasteiger partial charge in [-0.3, -0.25) is 0 Å². The van der Waals surface area contributed by atoms with E-state index in [1.807, 2.05) is 13.0 Å². The Kier molecular flexibility index (Phi) is 9.18. The molecule has 0 nitrogen and oxygen atoms in total. The molecule has 0 spiro atoms. The predicted molar refractivity (Wildman–Crippen MR) is 94.8 cm³/mol. The van der Waals surface area contributed by atoms with Crippen molar-refractivity contribution in [2.24, 2.45) is 0 Å². The minimum Gasteiger partial charge on any atom is -0.236 e. The monoisotopic (exact) mass is 740 g/mol. The van der Waals surface area contributed by atoms with Gasteiger partial charge in [-0.25, -0.2) is 22.0 Å². The molecule has 150 valence electrons. The summed E-state index contributed by atoms with van der Waals surface area (Å²) < 4.78 is 64.9. The summed E-state index contributed by atoms with van der Waals surface area (Å²) in [4.78, 5) is 0. The quantitative estimate of drug-likeness (QED) is 0.141. The van der Waals surface area contributed by atoms with Gasteiger partial charge in [0.25, 0.3) is 0 Å². The Morgan fingerprint density at radius 2 is 1.17 bits per heavy atom. The summed E-state index contributed by atoms with van der Waals surface area (Å²) in [6.45, 7) is 3.54. The van der Waals surface area contributed by atoms with Crippen LogP contribution in [0.2, 0.25) is 0 Å². The van der Waals surface area contributed by atoms with E-state index in [-0.39, 0.29) is 52.9 Å². The first-order valence-corrected chi connectivity index (χ1v) is 7.99. The van der Waals surface area contributed by atoms with Gasteiger partial charge in [0, 0.05) is 65.4 Å². The smallest absolute Gasteiger partial charge is 0.0787 e. The maximum absolute atomic E-state index is 13.3. The van der Waals surface area contributed by atoms with Crippen LogP contribution in [-0.4, -0.2) is 0 Å². The molecule has 29 heavy (non-hydrogen) atoms. The zero-order valence-corrected chi connectivity index (χ0v) is 21.1.